The van der Waals surface area contributed by atoms with Gasteiger partial charge in [0.1, 0.15) is 23.0 Å². The predicted molar refractivity (Wildman–Crippen MR) is 326 cm³/mol. The molecule has 0 saturated heterocycles. The zero-order valence-corrected chi connectivity index (χ0v) is 53.2. The minimum absolute atomic E-state index is 0.0574. The van der Waals surface area contributed by atoms with Crippen molar-refractivity contribution in [3.8, 4) is 57.5 Å². The molecule has 0 spiro atoms. The lowest BCUT2D eigenvalue weighted by Gasteiger charge is -2.28. The second-order valence-electron chi connectivity index (χ2n) is 26.2. The number of carbonyl (C=O) groups excluding carboxylic acids is 8. The summed E-state index contributed by atoms with van der Waals surface area (Å²) in [6.07, 6.45) is -0.230. The van der Waals surface area contributed by atoms with Crippen molar-refractivity contribution in [2.45, 2.75) is 172 Å². The number of esters is 8. The molecule has 1 aliphatic rings. The van der Waals surface area contributed by atoms with Crippen molar-refractivity contribution in [2.75, 3.05) is 0 Å². The zero-order chi connectivity index (χ0) is 65.4. The molecule has 6 aromatic rings. The Bertz CT molecular complexity index is 3450. The highest BCUT2D eigenvalue weighted by atomic mass is 16.6. The number of ether oxygens (including phenoxy) is 8. The van der Waals surface area contributed by atoms with E-state index in [9.17, 15) is 39.0 Å². The molecular weight excluding hydrogens is 1130 g/mol. The van der Waals surface area contributed by atoms with Gasteiger partial charge in [-0.15, -0.1) is 0 Å². The highest BCUT2D eigenvalue weighted by molar-refractivity contribution is 5.95. The van der Waals surface area contributed by atoms with E-state index in [1.165, 1.54) is 0 Å². The van der Waals surface area contributed by atoms with Crippen LogP contribution in [0, 0.1) is 0 Å². The van der Waals surface area contributed by atoms with Crippen LogP contribution in [0.1, 0.15) is 212 Å². The minimum atomic E-state index is -1.01. The second kappa shape index (κ2) is 25.2. The molecule has 2 N–H and O–H groups in total. The van der Waals surface area contributed by atoms with E-state index in [4.69, 9.17) is 37.9 Å². The molecule has 0 amide bonds. The van der Waals surface area contributed by atoms with Gasteiger partial charge in [-0.2, -0.15) is 0 Å². The van der Waals surface area contributed by atoms with Crippen molar-refractivity contribution in [2.24, 2.45) is 0 Å². The summed E-state index contributed by atoms with van der Waals surface area (Å²) < 4.78 is 45.5. The zero-order valence-electron chi connectivity index (χ0n) is 53.2. The number of fused-ring (bicyclic) bond motifs is 8. The molecule has 0 radical (unpaired) electrons. The molecule has 0 atom stereocenters. The number of benzene rings is 6. The lowest BCUT2D eigenvalue weighted by Crippen LogP contribution is -2.19. The molecule has 0 saturated carbocycles. The maximum atomic E-state index is 15.0. The standard InChI is InChI=1S/C70H76O18/c1-35(71)81-55-31-49(32-56(82-36(2)72)63(55)85-39(5)75)65(79)87-61-45-19-41-23-51(67(7,8)9)25-43(59(41)77)21-47-29-54(70(16,17)18)30-48(22-44-26-52(68(10,11)12)24-42(60(44)78)20-46(61)28-53(27-45)69(13,14)15)62(47)88-66(80)50-33-57(83-37(3)73)64(86-40(6)76)58(34-50)84-38(4)74/h23-34,77-78H,19-22H2,1-18H3. The van der Waals surface area contributed by atoms with Gasteiger partial charge in [-0.1, -0.05) is 132 Å². The fourth-order valence-corrected chi connectivity index (χ4v) is 10.0. The fraction of sp³-hybridized carbons (Fsp3) is 0.371. The molecule has 6 aromatic carbocycles. The number of phenols is 2. The van der Waals surface area contributed by atoms with Crippen LogP contribution in [0.15, 0.2) is 72.8 Å². The van der Waals surface area contributed by atoms with Gasteiger partial charge in [0.2, 0.25) is 11.5 Å². The Balaban J connectivity index is 1.57. The van der Waals surface area contributed by atoms with Gasteiger partial charge in [0, 0.05) is 89.5 Å². The number of carbonyl (C=O) groups is 8. The van der Waals surface area contributed by atoms with Gasteiger partial charge in [-0.3, -0.25) is 28.8 Å². The van der Waals surface area contributed by atoms with Crippen molar-refractivity contribution in [3.63, 3.8) is 0 Å². The van der Waals surface area contributed by atoms with Gasteiger partial charge in [0.05, 0.1) is 11.1 Å². The summed E-state index contributed by atoms with van der Waals surface area (Å²) >= 11 is 0. The van der Waals surface area contributed by atoms with E-state index in [2.05, 4.69) is 0 Å². The smallest absolute Gasteiger partial charge is 0.343 e. The first-order chi connectivity index (χ1) is 40.7. The summed E-state index contributed by atoms with van der Waals surface area (Å²) in [6.45, 7) is 30.8. The van der Waals surface area contributed by atoms with Crippen molar-refractivity contribution in [3.05, 3.63) is 151 Å². The topological polar surface area (TPSA) is 251 Å². The molecule has 88 heavy (non-hydrogen) atoms. The second-order valence-corrected chi connectivity index (χ2v) is 26.2. The van der Waals surface area contributed by atoms with E-state index in [-0.39, 0.29) is 59.8 Å². The number of rotatable bonds is 10. The van der Waals surface area contributed by atoms with E-state index in [1.807, 2.05) is 132 Å². The van der Waals surface area contributed by atoms with Gasteiger partial charge in [-0.25, -0.2) is 9.59 Å². The van der Waals surface area contributed by atoms with Crippen LogP contribution >= 0.6 is 0 Å². The molecular formula is C70H76O18. The number of hydrogen-bond donors (Lipinski definition) is 2. The molecule has 18 nitrogen and oxygen atoms in total. The van der Waals surface area contributed by atoms with Gasteiger partial charge in [0.25, 0.3) is 0 Å². The molecule has 18 heteroatoms. The SMILES string of the molecule is CC(=O)Oc1cc(C(=O)Oc2c3cc(C(C)(C)C)cc2Cc2cc(C(C)(C)C)cc(c2O)Cc2cc(C(C)(C)C)cc(c2OC(=O)c2cc(OC(C)=O)c(OC(C)=O)c(OC(C)=O)c2)Cc2cc(C(C)(C)C)cc(c2O)C3)cc(OC(C)=O)c1OC(C)=O. The quantitative estimate of drug-likeness (QED) is 0.0953. The Morgan fingerprint density at radius 2 is 0.477 bits per heavy atom. The van der Waals surface area contributed by atoms with E-state index < -0.39 is 104 Å². The van der Waals surface area contributed by atoms with Crippen LogP contribution in [0.4, 0.5) is 0 Å². The first-order valence-corrected chi connectivity index (χ1v) is 28.6. The van der Waals surface area contributed by atoms with E-state index in [1.54, 1.807) is 0 Å². The first kappa shape index (κ1) is 66.2. The summed E-state index contributed by atoms with van der Waals surface area (Å²) in [5, 5.41) is 25.8. The van der Waals surface area contributed by atoms with Crippen LogP contribution < -0.4 is 37.9 Å². The molecule has 1 aliphatic carbocycles. The third kappa shape index (κ3) is 15.8. The molecule has 0 heterocycles. The van der Waals surface area contributed by atoms with Crippen molar-refractivity contribution >= 4 is 47.8 Å². The third-order valence-electron chi connectivity index (χ3n) is 14.4. The normalized spacial score (nSPS) is 12.5. The van der Waals surface area contributed by atoms with Crippen LogP contribution in [0.25, 0.3) is 0 Å². The average Bonchev–Trinajstić information content (AvgIpc) is 1.07. The van der Waals surface area contributed by atoms with Crippen molar-refractivity contribution < 1.29 is 86.5 Å². The molecule has 7 rings (SSSR count). The van der Waals surface area contributed by atoms with E-state index in [0.717, 1.165) is 88.1 Å². The third-order valence-corrected chi connectivity index (χ3v) is 14.4. The van der Waals surface area contributed by atoms with Crippen LogP contribution in [0.3, 0.4) is 0 Å². The summed E-state index contributed by atoms with van der Waals surface area (Å²) in [7, 11) is 0. The van der Waals surface area contributed by atoms with Crippen LogP contribution in [-0.2, 0) is 76.1 Å². The van der Waals surface area contributed by atoms with Crippen LogP contribution in [0.5, 0.6) is 57.5 Å². The van der Waals surface area contributed by atoms with Crippen LogP contribution in [-0.4, -0.2) is 58.0 Å². The molecule has 0 aromatic heterocycles. The van der Waals surface area contributed by atoms with E-state index in [0.29, 0.717) is 44.5 Å². The fourth-order valence-electron chi connectivity index (χ4n) is 10.0. The molecule has 464 valence electrons. The van der Waals surface area contributed by atoms with Gasteiger partial charge in [0.15, 0.2) is 23.0 Å². The predicted octanol–water partition coefficient (Wildman–Crippen LogP) is 13.0. The molecule has 0 unspecified atom stereocenters. The highest BCUT2D eigenvalue weighted by Gasteiger charge is 2.32. The Morgan fingerprint density at radius 3 is 0.659 bits per heavy atom. The van der Waals surface area contributed by atoms with Gasteiger partial charge >= 0.3 is 47.8 Å². The summed E-state index contributed by atoms with van der Waals surface area (Å²) in [5.74, 6) is -9.79. The summed E-state index contributed by atoms with van der Waals surface area (Å²) in [6, 6.07) is 19.6. The Kier molecular flexibility index (Phi) is 18.9. The van der Waals surface area contributed by atoms with Crippen molar-refractivity contribution in [1.82, 2.24) is 0 Å². The minimum Gasteiger partial charge on any atom is -0.507 e. The Hall–Kier alpha value is -9.32. The number of aromatic hydroxyl groups is 2. The van der Waals surface area contributed by atoms with Gasteiger partial charge < -0.3 is 48.1 Å². The Labute approximate surface area is 512 Å². The highest BCUT2D eigenvalue weighted by Crippen LogP contribution is 2.47. The maximum Gasteiger partial charge on any atom is 0.343 e. The maximum absolute atomic E-state index is 15.0. The van der Waals surface area contributed by atoms with Crippen molar-refractivity contribution in [1.29, 1.82) is 0 Å². The molecule has 8 bridgehead atoms. The monoisotopic (exact) mass is 1200 g/mol. The lowest BCUT2D eigenvalue weighted by atomic mass is 9.79. The molecule has 0 fully saturated rings. The van der Waals surface area contributed by atoms with Crippen LogP contribution in [0.2, 0.25) is 0 Å². The largest absolute Gasteiger partial charge is 0.507 e. The van der Waals surface area contributed by atoms with Gasteiger partial charge in [-0.05, 0) is 90.4 Å². The lowest BCUT2D eigenvalue weighted by molar-refractivity contribution is -0.135. The summed E-state index contributed by atoms with van der Waals surface area (Å²) in [5.41, 5.74) is 3.93. The van der Waals surface area contributed by atoms with E-state index >= 15 is 9.59 Å². The summed E-state index contributed by atoms with van der Waals surface area (Å²) in [4.78, 5) is 105. The number of phenolic OH excluding ortho intramolecular Hbond substituents is 2. The first-order valence-electron chi connectivity index (χ1n) is 28.6. The average molecular weight is 1210 g/mol. The Morgan fingerprint density at radius 1 is 0.284 bits per heavy atom. The molecule has 0 aliphatic heterocycles. The number of hydrogen-bond acceptors (Lipinski definition) is 18.